The van der Waals surface area contributed by atoms with Crippen LogP contribution in [0.15, 0.2) is 170 Å². The summed E-state index contributed by atoms with van der Waals surface area (Å²) in [6, 6.07) is 37.7. The summed E-state index contributed by atoms with van der Waals surface area (Å²) in [7, 11) is 0. The number of hydrogen-bond donors (Lipinski definition) is 3. The second kappa shape index (κ2) is 27.3. The van der Waals surface area contributed by atoms with Crippen LogP contribution in [0.5, 0.6) is 0 Å². The van der Waals surface area contributed by atoms with E-state index in [1.807, 2.05) is 24.3 Å². The van der Waals surface area contributed by atoms with Crippen LogP contribution in [-0.2, 0) is 48.4 Å². The van der Waals surface area contributed by atoms with E-state index in [4.69, 9.17) is 34.0 Å². The minimum Gasteiger partial charge on any atom is -0.478 e. The number of carboxylic acid groups (broad SMARTS) is 1. The van der Waals surface area contributed by atoms with Crippen LogP contribution in [0, 0.1) is 11.6 Å². The van der Waals surface area contributed by atoms with Gasteiger partial charge >= 0.3 is 5.97 Å². The van der Waals surface area contributed by atoms with Crippen LogP contribution < -0.4 is 11.1 Å². The number of pyridine rings is 4. The highest BCUT2D eigenvalue weighted by Crippen LogP contribution is 2.29. The van der Waals surface area contributed by atoms with Crippen molar-refractivity contribution in [3.05, 3.63) is 248 Å². The molecule has 19 heteroatoms. The predicted molar refractivity (Wildman–Crippen MR) is 298 cm³/mol. The van der Waals surface area contributed by atoms with Crippen molar-refractivity contribution >= 4 is 70.1 Å². The predicted octanol–water partition coefficient (Wildman–Crippen LogP) is 10.8. The number of aromatic nitrogens is 4. The molecule has 15 nitrogen and oxygen atoms in total. The van der Waals surface area contributed by atoms with Crippen molar-refractivity contribution < 1.29 is 42.7 Å². The molecule has 10 rings (SSSR count). The van der Waals surface area contributed by atoms with E-state index in [0.717, 1.165) is 23.5 Å². The van der Waals surface area contributed by atoms with E-state index in [9.17, 15) is 37.5 Å². The van der Waals surface area contributed by atoms with Gasteiger partial charge in [-0.1, -0.05) is 74.5 Å². The first-order chi connectivity index (χ1) is 37.1. The van der Waals surface area contributed by atoms with E-state index < -0.39 is 29.8 Å². The largest absolute Gasteiger partial charge is 0.478 e. The van der Waals surface area contributed by atoms with Gasteiger partial charge in [-0.25, -0.2) is 23.5 Å². The zero-order valence-corrected chi connectivity index (χ0v) is 42.2. The first kappa shape index (κ1) is 59.2. The number of halogens is 4. The molecule has 8 aromatic rings. The van der Waals surface area contributed by atoms with Gasteiger partial charge in [0.15, 0.2) is 11.6 Å². The van der Waals surface area contributed by atoms with Crippen molar-refractivity contribution in [3.63, 3.8) is 0 Å². The summed E-state index contributed by atoms with van der Waals surface area (Å²) in [5, 5.41) is 12.7. The Labute approximate surface area is 465 Å². The number of rotatable bonds is 11. The molecule has 79 heavy (non-hydrogen) atoms. The van der Waals surface area contributed by atoms with E-state index in [-0.39, 0.29) is 87.8 Å². The van der Waals surface area contributed by atoms with Crippen molar-refractivity contribution in [2.45, 2.75) is 65.7 Å². The fourth-order valence-corrected chi connectivity index (χ4v) is 8.95. The molecule has 4 N–H and O–H groups in total. The van der Waals surface area contributed by atoms with Crippen LogP contribution in [0.4, 0.5) is 20.4 Å². The van der Waals surface area contributed by atoms with E-state index in [2.05, 4.69) is 25.3 Å². The summed E-state index contributed by atoms with van der Waals surface area (Å²) in [5.41, 5.74) is 10.7. The van der Waals surface area contributed by atoms with Gasteiger partial charge < -0.3 is 26.0 Å². The van der Waals surface area contributed by atoms with Gasteiger partial charge in [-0.2, -0.15) is 0 Å². The Balaban J connectivity index is 0.000000221. The maximum atomic E-state index is 13.7. The molecule has 404 valence electrons. The average Bonchev–Trinajstić information content (AvgIpc) is 3.61. The maximum Gasteiger partial charge on any atom is 0.335 e. The number of Topliss-reactive ketones (excluding diaryl/α,β-unsaturated/α-hetero) is 2. The topological polar surface area (TPSA) is 219 Å². The van der Waals surface area contributed by atoms with Crippen molar-refractivity contribution in [1.29, 1.82) is 0 Å². The minimum absolute atomic E-state index is 0. The van der Waals surface area contributed by atoms with Crippen LogP contribution in [0.3, 0.4) is 0 Å². The quantitative estimate of drug-likeness (QED) is 0.110. The number of nitrogens with two attached hydrogens (primary N) is 1. The summed E-state index contributed by atoms with van der Waals surface area (Å²) in [6.45, 7) is 0.329. The molecule has 6 heterocycles. The Morgan fingerprint density at radius 3 is 1.43 bits per heavy atom. The number of nitrogens with zero attached hydrogens (tertiary/aromatic N) is 6. The van der Waals surface area contributed by atoms with Gasteiger partial charge in [0.2, 0.25) is 0 Å². The third-order valence-corrected chi connectivity index (χ3v) is 12.9. The smallest absolute Gasteiger partial charge is 0.335 e. The number of fused-ring (bicyclic) bond motifs is 2. The summed E-state index contributed by atoms with van der Waals surface area (Å²) < 4.78 is 25.0. The van der Waals surface area contributed by atoms with Crippen LogP contribution in [-0.4, -0.2) is 82.2 Å². The number of benzene rings is 4. The van der Waals surface area contributed by atoms with Gasteiger partial charge in [0.25, 0.3) is 17.7 Å². The lowest BCUT2D eigenvalue weighted by Gasteiger charge is -2.29. The first-order valence-corrected chi connectivity index (χ1v) is 24.6. The maximum absolute atomic E-state index is 13.7. The average molecular weight is 1110 g/mol. The number of hydrogen-bond acceptors (Lipinski definition) is 11. The zero-order valence-electron chi connectivity index (χ0n) is 40.7. The van der Waals surface area contributed by atoms with Crippen LogP contribution in [0.25, 0.3) is 0 Å². The number of nitrogens with one attached hydrogen (secondary N) is 1. The van der Waals surface area contributed by atoms with Crippen molar-refractivity contribution in [2.75, 3.05) is 11.1 Å². The molecule has 0 bridgehead atoms. The molecule has 0 radical (unpaired) electrons. The van der Waals surface area contributed by atoms with Crippen molar-refractivity contribution in [2.24, 2.45) is 0 Å². The second-order valence-corrected chi connectivity index (χ2v) is 18.6. The number of ketones is 2. The van der Waals surface area contributed by atoms with Gasteiger partial charge in [0, 0.05) is 89.3 Å². The third kappa shape index (κ3) is 15.6. The van der Waals surface area contributed by atoms with Gasteiger partial charge in [-0.3, -0.25) is 33.9 Å². The molecule has 4 aromatic carbocycles. The monoisotopic (exact) mass is 1110 g/mol. The van der Waals surface area contributed by atoms with Crippen molar-refractivity contribution in [3.8, 4) is 0 Å². The highest BCUT2D eigenvalue weighted by atomic mass is 35.5. The fraction of sp³-hybridized carbons (Fsp3) is 0.167. The van der Waals surface area contributed by atoms with E-state index in [1.165, 1.54) is 36.4 Å². The number of carboxylic acids is 1. The number of carbonyl (C=O) groups excluding carboxylic acids is 5. The minimum atomic E-state index is -1.02. The number of anilines is 2. The lowest BCUT2D eigenvalue weighted by molar-refractivity contribution is -0.123. The molecule has 0 saturated heterocycles. The van der Waals surface area contributed by atoms with Crippen LogP contribution in [0.1, 0.15) is 89.9 Å². The molecule has 0 unspecified atom stereocenters. The van der Waals surface area contributed by atoms with E-state index in [1.54, 1.807) is 107 Å². The van der Waals surface area contributed by atoms with E-state index in [0.29, 0.717) is 61.5 Å². The molecule has 2 aliphatic rings. The Kier molecular flexibility index (Phi) is 20.5. The second-order valence-electron chi connectivity index (χ2n) is 17.8. The Hall–Kier alpha value is -9.06. The number of nitrogen functional groups attached to an aromatic ring is 1. The number of amides is 3. The molecular weight excluding hydrogens is 1050 g/mol. The third-order valence-electron chi connectivity index (χ3n) is 12.4. The lowest BCUT2D eigenvalue weighted by Crippen LogP contribution is -2.44. The Bertz CT molecular complexity index is 3410. The fourth-order valence-electron chi connectivity index (χ4n) is 8.56. The van der Waals surface area contributed by atoms with Crippen LogP contribution >= 0.6 is 23.2 Å². The van der Waals surface area contributed by atoms with Gasteiger partial charge in [0.05, 0.1) is 30.0 Å². The van der Waals surface area contributed by atoms with E-state index >= 15 is 0 Å². The molecule has 2 atom stereocenters. The van der Waals surface area contributed by atoms with Gasteiger partial charge in [0.1, 0.15) is 23.3 Å². The molecule has 0 fully saturated rings. The van der Waals surface area contributed by atoms with Crippen molar-refractivity contribution in [1.82, 2.24) is 29.7 Å². The highest BCUT2D eigenvalue weighted by molar-refractivity contribution is 6.31. The molecular formula is C60H54Cl2F2N8O7. The molecule has 4 aromatic heterocycles. The standard InChI is InChI=1S/C29H22ClFN4O3.C24H19ClN2O4.C5H5FN2.2CH4/c30-21-8-10-24-20(13-21)14-26(36)25(15-23-3-1-2-12-32-23)35(29(24)38)17-18-4-6-19(7-5-18)28(37)34-27-11-9-22(31)16-33-27;25-18-8-9-20-17(11-18)12-22(28)21(13-19-3-1-2-10-26-19)27(23(20)29)14-15-4-6-16(7-5-15)24(30)31;6-4-1-2-5(7)8-3-4;;/h1-13,16,25H,14-15,17H2,(H,33,34,37);1-11,21H,12-14H2,(H,30,31);1-3H,(H2,7,8);2*1H4/t25-;21-;;;/m11.../s1. The summed E-state index contributed by atoms with van der Waals surface area (Å²) in [5.74, 6) is -2.46. The summed E-state index contributed by atoms with van der Waals surface area (Å²) >= 11 is 12.3. The van der Waals surface area contributed by atoms with Gasteiger partial charge in [-0.15, -0.1) is 0 Å². The zero-order chi connectivity index (χ0) is 54.6. The number of carbonyl (C=O) groups is 6. The molecule has 0 spiro atoms. The molecule has 0 aliphatic carbocycles. The highest BCUT2D eigenvalue weighted by Gasteiger charge is 2.37. The Morgan fingerprint density at radius 1 is 0.582 bits per heavy atom. The Morgan fingerprint density at radius 2 is 1.04 bits per heavy atom. The number of aromatic carboxylic acids is 1. The molecule has 3 amide bonds. The summed E-state index contributed by atoms with van der Waals surface area (Å²) in [4.78, 5) is 96.7. The van der Waals surface area contributed by atoms with Gasteiger partial charge in [-0.05, 0) is 131 Å². The first-order valence-electron chi connectivity index (χ1n) is 23.8. The molecule has 0 saturated carbocycles. The normalized spacial score (nSPS) is 14.5. The summed E-state index contributed by atoms with van der Waals surface area (Å²) in [6.07, 6.45) is 6.17. The van der Waals surface area contributed by atoms with Crippen LogP contribution in [0.2, 0.25) is 10.0 Å². The SMILES string of the molecule is C.C.Nc1ccc(F)cn1.O=C(Nc1ccc(F)cn1)c1ccc(CN2C(=O)c3ccc(Cl)cc3CC(=O)[C@H]2Cc2ccccn2)cc1.O=C(O)c1ccc(CN2C(=O)c3ccc(Cl)cc3CC(=O)[C@H]2Cc2ccccn2)cc1. The molecule has 2 aliphatic heterocycles. The lowest BCUT2D eigenvalue weighted by atomic mass is 9.99.